The van der Waals surface area contributed by atoms with Crippen LogP contribution in [0.15, 0.2) is 30.5 Å². The average molecular weight is 318 g/mol. The van der Waals surface area contributed by atoms with E-state index in [9.17, 15) is 9.59 Å². The van der Waals surface area contributed by atoms with Gasteiger partial charge in [-0.3, -0.25) is 9.59 Å². The number of carbonyl (C=O) groups is 2. The zero-order chi connectivity index (χ0) is 15.5. The van der Waals surface area contributed by atoms with Crippen LogP contribution in [0.2, 0.25) is 0 Å². The molecule has 116 valence electrons. The molecule has 1 aliphatic heterocycles. The second-order valence-corrected chi connectivity index (χ2v) is 6.70. The Morgan fingerprint density at radius 2 is 2.23 bits per heavy atom. The Labute approximate surface area is 132 Å². The lowest BCUT2D eigenvalue weighted by Crippen LogP contribution is -2.45. The molecular formula is C16H18N2O3S. The molecule has 6 heteroatoms. The van der Waals surface area contributed by atoms with Crippen LogP contribution in [0.5, 0.6) is 0 Å². The van der Waals surface area contributed by atoms with Crippen molar-refractivity contribution in [3.63, 3.8) is 0 Å². The van der Waals surface area contributed by atoms with E-state index >= 15 is 0 Å². The molecule has 1 unspecified atom stereocenters. The number of nitrogens with one attached hydrogen (secondary N) is 1. The number of hydrogen-bond donors (Lipinski definition) is 2. The molecule has 0 bridgehead atoms. The fraction of sp³-hybridized carbons (Fsp3) is 0.375. The largest absolute Gasteiger partial charge is 0.481 e. The number of carbonyl (C=O) groups excluding carboxylic acids is 1. The first-order valence-electron chi connectivity index (χ1n) is 7.32. The van der Waals surface area contributed by atoms with Crippen molar-refractivity contribution in [1.82, 2.24) is 9.88 Å². The smallest absolute Gasteiger partial charge is 0.305 e. The van der Waals surface area contributed by atoms with Crippen molar-refractivity contribution in [3.8, 4) is 0 Å². The molecule has 2 aromatic rings. The summed E-state index contributed by atoms with van der Waals surface area (Å²) in [7, 11) is 0. The van der Waals surface area contributed by atoms with Gasteiger partial charge in [0.15, 0.2) is 0 Å². The minimum Gasteiger partial charge on any atom is -0.481 e. The summed E-state index contributed by atoms with van der Waals surface area (Å²) in [5, 5.41) is 9.63. The van der Waals surface area contributed by atoms with Gasteiger partial charge in [-0.25, -0.2) is 0 Å². The summed E-state index contributed by atoms with van der Waals surface area (Å²) < 4.78 is 0. The van der Waals surface area contributed by atoms with Crippen molar-refractivity contribution in [2.24, 2.45) is 0 Å². The minimum absolute atomic E-state index is 0.0431. The number of fused-ring (bicyclic) bond motifs is 1. The summed E-state index contributed by atoms with van der Waals surface area (Å²) in [4.78, 5) is 28.2. The Morgan fingerprint density at radius 1 is 1.41 bits per heavy atom. The highest BCUT2D eigenvalue weighted by molar-refractivity contribution is 8.00. The maximum Gasteiger partial charge on any atom is 0.305 e. The third-order valence-electron chi connectivity index (χ3n) is 3.95. The standard InChI is InChI=1S/C16H18N2O3S/c19-15(20)9-14-16(21)18(7-8-22-14)6-5-11-10-17-13-4-2-1-3-12(11)13/h1-4,10,14,17H,5-9H2,(H,19,20). The van der Waals surface area contributed by atoms with E-state index in [1.807, 2.05) is 24.4 Å². The number of nitrogens with zero attached hydrogens (tertiary/aromatic N) is 1. The number of hydrogen-bond acceptors (Lipinski definition) is 3. The van der Waals surface area contributed by atoms with Gasteiger partial charge in [-0.1, -0.05) is 18.2 Å². The molecule has 2 N–H and O–H groups in total. The highest BCUT2D eigenvalue weighted by Gasteiger charge is 2.30. The average Bonchev–Trinajstić information content (AvgIpc) is 2.91. The molecule has 1 aromatic heterocycles. The number of para-hydroxylation sites is 1. The Bertz CT molecular complexity index is 698. The summed E-state index contributed by atoms with van der Waals surface area (Å²) in [5.41, 5.74) is 2.29. The number of amides is 1. The summed E-state index contributed by atoms with van der Waals surface area (Å²) in [5.74, 6) is -0.153. The molecule has 0 radical (unpaired) electrons. The van der Waals surface area contributed by atoms with E-state index in [4.69, 9.17) is 5.11 Å². The van der Waals surface area contributed by atoms with Gasteiger partial charge in [0.05, 0.1) is 11.7 Å². The molecular weight excluding hydrogens is 300 g/mol. The molecule has 1 aromatic carbocycles. The fourth-order valence-electron chi connectivity index (χ4n) is 2.81. The first-order chi connectivity index (χ1) is 10.6. The fourth-order valence-corrected chi connectivity index (χ4v) is 3.97. The van der Waals surface area contributed by atoms with Gasteiger partial charge in [-0.05, 0) is 18.1 Å². The molecule has 0 spiro atoms. The number of carboxylic acid groups (broad SMARTS) is 1. The SMILES string of the molecule is O=C(O)CC1SCCN(CCc2c[nH]c3ccccc23)C1=O. The van der Waals surface area contributed by atoms with Crippen molar-refractivity contribution in [3.05, 3.63) is 36.0 Å². The van der Waals surface area contributed by atoms with Crippen LogP contribution in [0.4, 0.5) is 0 Å². The van der Waals surface area contributed by atoms with Gasteiger partial charge in [0, 0.05) is 35.9 Å². The lowest BCUT2D eigenvalue weighted by atomic mass is 10.1. The Kier molecular flexibility index (Phi) is 4.38. The predicted octanol–water partition coefficient (Wildman–Crippen LogP) is 2.13. The van der Waals surface area contributed by atoms with E-state index in [2.05, 4.69) is 11.1 Å². The van der Waals surface area contributed by atoms with E-state index in [1.165, 1.54) is 22.7 Å². The highest BCUT2D eigenvalue weighted by atomic mass is 32.2. The molecule has 0 saturated carbocycles. The van der Waals surface area contributed by atoms with Crippen LogP contribution in [-0.4, -0.2) is 51.0 Å². The van der Waals surface area contributed by atoms with Crippen molar-refractivity contribution in [1.29, 1.82) is 0 Å². The molecule has 3 rings (SSSR count). The predicted molar refractivity (Wildman–Crippen MR) is 87.1 cm³/mol. The first-order valence-corrected chi connectivity index (χ1v) is 8.37. The maximum atomic E-state index is 12.3. The number of benzene rings is 1. The number of aliphatic carboxylic acids is 1. The Hall–Kier alpha value is -1.95. The zero-order valence-corrected chi connectivity index (χ0v) is 12.9. The second-order valence-electron chi connectivity index (χ2n) is 5.39. The number of thioether (sulfide) groups is 1. The van der Waals surface area contributed by atoms with Crippen LogP contribution in [0, 0.1) is 0 Å². The van der Waals surface area contributed by atoms with Gasteiger partial charge in [0.1, 0.15) is 0 Å². The second kappa shape index (κ2) is 6.44. The van der Waals surface area contributed by atoms with Crippen molar-refractivity contribution < 1.29 is 14.7 Å². The summed E-state index contributed by atoms with van der Waals surface area (Å²) >= 11 is 1.45. The van der Waals surface area contributed by atoms with Crippen molar-refractivity contribution in [2.45, 2.75) is 18.1 Å². The van der Waals surface area contributed by atoms with Gasteiger partial charge in [0.25, 0.3) is 0 Å². The number of rotatable bonds is 5. The van der Waals surface area contributed by atoms with Crippen molar-refractivity contribution in [2.75, 3.05) is 18.8 Å². The summed E-state index contributed by atoms with van der Waals surface area (Å²) in [6.07, 6.45) is 2.68. The molecule has 1 saturated heterocycles. The van der Waals surface area contributed by atoms with Gasteiger partial charge in [-0.2, -0.15) is 0 Å². The minimum atomic E-state index is -0.913. The molecule has 1 atom stereocenters. The number of aromatic amines is 1. The van der Waals surface area contributed by atoms with Crippen LogP contribution in [-0.2, 0) is 16.0 Å². The first kappa shape index (κ1) is 15.0. The zero-order valence-electron chi connectivity index (χ0n) is 12.1. The van der Waals surface area contributed by atoms with E-state index in [0.29, 0.717) is 13.1 Å². The molecule has 1 amide bonds. The third-order valence-corrected chi connectivity index (χ3v) is 5.14. The van der Waals surface area contributed by atoms with Gasteiger partial charge in [-0.15, -0.1) is 11.8 Å². The van der Waals surface area contributed by atoms with Crippen LogP contribution in [0.1, 0.15) is 12.0 Å². The molecule has 0 aliphatic carbocycles. The number of carboxylic acids is 1. The quantitative estimate of drug-likeness (QED) is 0.886. The van der Waals surface area contributed by atoms with E-state index < -0.39 is 11.2 Å². The van der Waals surface area contributed by atoms with Crippen LogP contribution >= 0.6 is 11.8 Å². The molecule has 1 fully saturated rings. The Morgan fingerprint density at radius 3 is 3.05 bits per heavy atom. The van der Waals surface area contributed by atoms with Crippen LogP contribution in [0.25, 0.3) is 10.9 Å². The van der Waals surface area contributed by atoms with Gasteiger partial charge >= 0.3 is 5.97 Å². The van der Waals surface area contributed by atoms with Crippen LogP contribution in [0.3, 0.4) is 0 Å². The molecule has 2 heterocycles. The summed E-state index contributed by atoms with van der Waals surface area (Å²) in [6, 6.07) is 8.10. The highest BCUT2D eigenvalue weighted by Crippen LogP contribution is 2.24. The monoisotopic (exact) mass is 318 g/mol. The van der Waals surface area contributed by atoms with Crippen molar-refractivity contribution >= 4 is 34.5 Å². The van der Waals surface area contributed by atoms with Gasteiger partial charge in [0.2, 0.25) is 5.91 Å². The molecule has 22 heavy (non-hydrogen) atoms. The number of H-pyrrole nitrogens is 1. The van der Waals surface area contributed by atoms with Crippen LogP contribution < -0.4 is 0 Å². The lowest BCUT2D eigenvalue weighted by molar-refractivity contribution is -0.140. The number of aromatic nitrogens is 1. The van der Waals surface area contributed by atoms with E-state index in [0.717, 1.165) is 17.7 Å². The Balaban J connectivity index is 1.65. The topological polar surface area (TPSA) is 73.4 Å². The van der Waals surface area contributed by atoms with Gasteiger partial charge < -0.3 is 15.0 Å². The summed E-state index contributed by atoms with van der Waals surface area (Å²) in [6.45, 7) is 1.33. The maximum absolute atomic E-state index is 12.3. The van der Waals surface area contributed by atoms with E-state index in [-0.39, 0.29) is 12.3 Å². The lowest BCUT2D eigenvalue weighted by Gasteiger charge is -2.31. The van der Waals surface area contributed by atoms with E-state index in [1.54, 1.807) is 4.90 Å². The third kappa shape index (κ3) is 3.11. The molecule has 5 nitrogen and oxygen atoms in total. The normalized spacial score (nSPS) is 18.8. The molecule has 1 aliphatic rings.